The standard InChI is InChI=1S/C50H30O/c1-3-16-35-31(12-1)14-9-23-39(35)47-41-18-5-7-20-43(41)48(44-21-8-6-19-42(44)47)40-24-10-15-33-30-34(27-28-36(33)40)37-22-11-25-46-49(37)45-29-26-32-13-2-4-17-38(32)50(45)51-46/h1-30H/i1D,2D,3D,4D,5D,6D,7D,8D,9D,10D,11D,12D,13D,14D,15D,16D,17D,18D,19D,20D,21D,22D,23D,24D,25D,26D,27D,28D,29D,30D. The third kappa shape index (κ3) is 4.16. The highest BCUT2D eigenvalue weighted by Gasteiger charge is 2.20. The van der Waals surface area contributed by atoms with Gasteiger partial charge in [0, 0.05) is 16.2 Å². The Hall–Kier alpha value is -6.70. The van der Waals surface area contributed by atoms with Crippen molar-refractivity contribution in [1.29, 1.82) is 0 Å². The first kappa shape index (κ1) is 11.7. The van der Waals surface area contributed by atoms with E-state index < -0.39 is 290 Å². The van der Waals surface area contributed by atoms with Crippen molar-refractivity contribution in [3.05, 3.63) is 181 Å². The zero-order valence-corrected chi connectivity index (χ0v) is 25.4. The molecule has 1 heterocycles. The molecule has 0 spiro atoms. The summed E-state index contributed by atoms with van der Waals surface area (Å²) in [5.74, 6) is 0. The third-order valence-electron chi connectivity index (χ3n) is 8.62. The molecular formula is C50H30O. The fraction of sp³-hybridized carbons (Fsp3) is 0. The van der Waals surface area contributed by atoms with Crippen LogP contribution >= 0.6 is 0 Å². The third-order valence-corrected chi connectivity index (χ3v) is 8.62. The van der Waals surface area contributed by atoms with Crippen molar-refractivity contribution < 1.29 is 45.5 Å². The van der Waals surface area contributed by atoms with E-state index >= 15 is 0 Å². The Balaban J connectivity index is 1.41. The summed E-state index contributed by atoms with van der Waals surface area (Å²) in [5.41, 5.74) is -5.79. The molecule has 11 rings (SSSR count). The van der Waals surface area contributed by atoms with Crippen molar-refractivity contribution in [2.45, 2.75) is 0 Å². The predicted molar refractivity (Wildman–Crippen MR) is 218 cm³/mol. The minimum absolute atomic E-state index is 0.445. The highest BCUT2D eigenvalue weighted by atomic mass is 16.3. The van der Waals surface area contributed by atoms with E-state index in [4.69, 9.17) is 27.7 Å². The fourth-order valence-electron chi connectivity index (χ4n) is 6.50. The smallest absolute Gasteiger partial charge is 0.143 e. The Labute approximate surface area is 336 Å². The van der Waals surface area contributed by atoms with E-state index in [1.165, 1.54) is 0 Å². The second kappa shape index (κ2) is 10.9. The van der Waals surface area contributed by atoms with Crippen molar-refractivity contribution in [2.24, 2.45) is 0 Å². The molecule has 236 valence electrons. The molecule has 51 heavy (non-hydrogen) atoms. The van der Waals surface area contributed by atoms with Crippen molar-refractivity contribution in [1.82, 2.24) is 0 Å². The van der Waals surface area contributed by atoms with Crippen molar-refractivity contribution in [2.75, 3.05) is 0 Å². The number of benzene rings is 10. The molecule has 11 aromatic rings. The monoisotopic (exact) mass is 676 g/mol. The normalized spacial score (nSPS) is 20.2. The van der Waals surface area contributed by atoms with Crippen LogP contribution in [0, 0.1) is 0 Å². The van der Waals surface area contributed by atoms with Crippen LogP contribution in [0.4, 0.5) is 0 Å². The number of hydrogen-bond donors (Lipinski definition) is 0. The Morgan fingerprint density at radius 3 is 1.47 bits per heavy atom. The van der Waals surface area contributed by atoms with Gasteiger partial charge < -0.3 is 4.42 Å². The molecule has 1 heteroatoms. The zero-order valence-electron chi connectivity index (χ0n) is 55.4. The number of fused-ring (bicyclic) bond motifs is 9. The van der Waals surface area contributed by atoms with Gasteiger partial charge in [-0.1, -0.05) is 163 Å². The lowest BCUT2D eigenvalue weighted by atomic mass is 9.83. The number of rotatable bonds is 3. The van der Waals surface area contributed by atoms with Crippen LogP contribution in [0.15, 0.2) is 186 Å². The maximum atomic E-state index is 9.90. The van der Waals surface area contributed by atoms with Crippen LogP contribution in [0.5, 0.6) is 0 Å². The van der Waals surface area contributed by atoms with E-state index in [1.54, 1.807) is 0 Å². The lowest BCUT2D eigenvalue weighted by Gasteiger charge is -2.20. The maximum absolute atomic E-state index is 9.90. The molecule has 0 aliphatic carbocycles. The molecule has 0 unspecified atom stereocenters. The molecule has 10 aromatic carbocycles. The number of furan rings is 1. The number of hydrogen-bond acceptors (Lipinski definition) is 1. The average molecular weight is 677 g/mol. The zero-order chi connectivity index (χ0) is 59.6. The highest BCUT2D eigenvalue weighted by molar-refractivity contribution is 6.25. The molecule has 1 aromatic heterocycles. The van der Waals surface area contributed by atoms with Gasteiger partial charge in [-0.3, -0.25) is 0 Å². The van der Waals surface area contributed by atoms with Gasteiger partial charge in [-0.2, -0.15) is 0 Å². The molecule has 0 amide bonds. The Morgan fingerprint density at radius 1 is 0.333 bits per heavy atom. The van der Waals surface area contributed by atoms with E-state index in [1.807, 2.05) is 0 Å². The summed E-state index contributed by atoms with van der Waals surface area (Å²) < 4.78 is 279. The Bertz CT molecular complexity index is 4840. The van der Waals surface area contributed by atoms with Gasteiger partial charge in [0.05, 0.1) is 41.1 Å². The second-order valence-corrected chi connectivity index (χ2v) is 11.3. The minimum atomic E-state index is -1.10. The molecule has 0 fully saturated rings. The molecule has 0 radical (unpaired) electrons. The lowest BCUT2D eigenvalue weighted by Crippen LogP contribution is -1.92. The minimum Gasteiger partial charge on any atom is -0.455 e. The van der Waals surface area contributed by atoms with Gasteiger partial charge in [-0.15, -0.1) is 0 Å². The summed E-state index contributed by atoms with van der Waals surface area (Å²) in [6.07, 6.45) is 0. The summed E-state index contributed by atoms with van der Waals surface area (Å²) in [4.78, 5) is 0. The van der Waals surface area contributed by atoms with Crippen molar-refractivity contribution in [3.63, 3.8) is 0 Å². The van der Waals surface area contributed by atoms with Gasteiger partial charge in [-0.25, -0.2) is 0 Å². The van der Waals surface area contributed by atoms with Gasteiger partial charge in [0.2, 0.25) is 0 Å². The molecule has 0 N–H and O–H groups in total. The van der Waals surface area contributed by atoms with Crippen LogP contribution in [0.25, 0.3) is 109 Å². The largest absolute Gasteiger partial charge is 0.455 e. The van der Waals surface area contributed by atoms with E-state index in [9.17, 15) is 17.8 Å². The topological polar surface area (TPSA) is 13.1 Å². The Morgan fingerprint density at radius 2 is 0.804 bits per heavy atom. The molecule has 1 nitrogen and oxygen atoms in total. The maximum Gasteiger partial charge on any atom is 0.143 e. The quantitative estimate of drug-likeness (QED) is 0.170. The lowest BCUT2D eigenvalue weighted by molar-refractivity contribution is 0.673. The van der Waals surface area contributed by atoms with Crippen LogP contribution in [-0.4, -0.2) is 0 Å². The summed E-state index contributed by atoms with van der Waals surface area (Å²) in [6, 6.07) is -28.4. The molecule has 0 atom stereocenters. The van der Waals surface area contributed by atoms with E-state index in [-0.39, 0.29) is 0 Å². The van der Waals surface area contributed by atoms with Gasteiger partial charge >= 0.3 is 0 Å². The van der Waals surface area contributed by atoms with E-state index in [0.717, 1.165) is 0 Å². The van der Waals surface area contributed by atoms with Crippen molar-refractivity contribution >= 4 is 75.8 Å². The molecule has 0 saturated carbocycles. The van der Waals surface area contributed by atoms with Crippen LogP contribution in [0.2, 0.25) is 0 Å². The highest BCUT2D eigenvalue weighted by Crippen LogP contribution is 2.47. The average Bonchev–Trinajstić information content (AvgIpc) is 2.46. The first-order chi connectivity index (χ1) is 37.8. The van der Waals surface area contributed by atoms with Gasteiger partial charge in [-0.05, 0) is 100.0 Å². The Kier molecular flexibility index (Phi) is 2.50. The van der Waals surface area contributed by atoms with Gasteiger partial charge in [0.15, 0.2) is 0 Å². The first-order valence-electron chi connectivity index (χ1n) is 30.2. The molecule has 0 aliphatic rings. The predicted octanol–water partition coefficient (Wildman–Crippen LogP) is 14.4. The molecule has 0 bridgehead atoms. The van der Waals surface area contributed by atoms with Gasteiger partial charge in [0.1, 0.15) is 11.2 Å². The van der Waals surface area contributed by atoms with Gasteiger partial charge in [0.25, 0.3) is 0 Å². The van der Waals surface area contributed by atoms with Crippen LogP contribution in [0.1, 0.15) is 41.1 Å². The van der Waals surface area contributed by atoms with E-state index in [0.29, 0.717) is 0 Å². The molecular weight excluding hydrogens is 617 g/mol. The van der Waals surface area contributed by atoms with Crippen LogP contribution < -0.4 is 0 Å². The van der Waals surface area contributed by atoms with Crippen LogP contribution in [0.3, 0.4) is 0 Å². The van der Waals surface area contributed by atoms with Crippen LogP contribution in [-0.2, 0) is 0 Å². The summed E-state index contributed by atoms with van der Waals surface area (Å²) >= 11 is 0. The molecule has 0 aliphatic heterocycles. The molecule has 0 saturated heterocycles. The van der Waals surface area contributed by atoms with Crippen molar-refractivity contribution in [3.8, 4) is 33.4 Å². The SMILES string of the molecule is [2H]c1c([2H])c(-c2c([2H])c([2H])c3c(-c4c5c([2H])c([2H])c([2H])c([2H])c5c(-c5c([2H])c([2H])c([2H])c6c([2H])c([2H])c([2H])c([2H])c56)c5c([2H])c([2H])c([2H])c([2H])c45)c([2H])c([2H])c([2H])c3c2[2H])c2c(oc3c4c([2H])c([2H])c([2H])c([2H])c4c([2H])c([2H])c32)c1[2H]. The summed E-state index contributed by atoms with van der Waals surface area (Å²) in [6.45, 7) is 0. The fourth-order valence-corrected chi connectivity index (χ4v) is 6.50. The first-order valence-corrected chi connectivity index (χ1v) is 15.2. The van der Waals surface area contributed by atoms with E-state index in [2.05, 4.69) is 0 Å². The second-order valence-electron chi connectivity index (χ2n) is 11.3. The summed E-state index contributed by atoms with van der Waals surface area (Å²) in [5, 5.41) is -7.98. The summed E-state index contributed by atoms with van der Waals surface area (Å²) in [7, 11) is 0.